The van der Waals surface area contributed by atoms with E-state index in [-0.39, 0.29) is 17.9 Å². The van der Waals surface area contributed by atoms with Gasteiger partial charge < -0.3 is 20.3 Å². The predicted molar refractivity (Wildman–Crippen MR) is 75.3 cm³/mol. The Hall–Kier alpha value is -1.63. The fourth-order valence-corrected chi connectivity index (χ4v) is 3.18. The number of esters is 1. The van der Waals surface area contributed by atoms with Gasteiger partial charge in [0.25, 0.3) is 0 Å². The molecule has 2 rings (SSSR count). The third kappa shape index (κ3) is 4.17. The number of ether oxygens (including phenoxy) is 1. The zero-order valence-electron chi connectivity index (χ0n) is 12.6. The Kier molecular flexibility index (Phi) is 5.17. The average Bonchev–Trinajstić information content (AvgIpc) is 2.45. The summed E-state index contributed by atoms with van der Waals surface area (Å²) in [6, 6.07) is -0.387. The normalized spacial score (nSPS) is 27.2. The molecule has 7 nitrogen and oxygen atoms in total. The third-order valence-corrected chi connectivity index (χ3v) is 4.21. The van der Waals surface area contributed by atoms with Crippen molar-refractivity contribution in [3.63, 3.8) is 0 Å². The topological polar surface area (TPSA) is 87.7 Å². The van der Waals surface area contributed by atoms with Crippen molar-refractivity contribution in [1.82, 2.24) is 15.5 Å². The zero-order chi connectivity index (χ0) is 15.4. The molecular formula is C14H23N3O4. The van der Waals surface area contributed by atoms with Crippen molar-refractivity contribution in [1.29, 1.82) is 0 Å². The fraction of sp³-hybridized carbons (Fsp3) is 0.786. The van der Waals surface area contributed by atoms with Crippen molar-refractivity contribution < 1.29 is 19.1 Å². The molecule has 0 aromatic carbocycles. The minimum Gasteiger partial charge on any atom is -0.467 e. The molecule has 2 amide bonds. The fourth-order valence-electron chi connectivity index (χ4n) is 3.18. The molecule has 21 heavy (non-hydrogen) atoms. The van der Waals surface area contributed by atoms with Gasteiger partial charge in [0.1, 0.15) is 6.04 Å². The SMILES string of the molecule is COC(=O)C(CN1CCC2NC(=O)CCC2C1)NC(C)=O. The van der Waals surface area contributed by atoms with Crippen LogP contribution in [0.25, 0.3) is 0 Å². The molecule has 2 saturated heterocycles. The highest BCUT2D eigenvalue weighted by molar-refractivity contribution is 5.83. The van der Waals surface area contributed by atoms with E-state index in [2.05, 4.69) is 15.5 Å². The van der Waals surface area contributed by atoms with Crippen LogP contribution in [0, 0.1) is 5.92 Å². The van der Waals surface area contributed by atoms with Crippen molar-refractivity contribution in [2.75, 3.05) is 26.7 Å². The maximum atomic E-state index is 11.7. The number of hydrogen-bond donors (Lipinski definition) is 2. The molecule has 0 aliphatic carbocycles. The average molecular weight is 297 g/mol. The Balaban J connectivity index is 1.91. The van der Waals surface area contributed by atoms with E-state index in [1.807, 2.05) is 0 Å². The van der Waals surface area contributed by atoms with E-state index < -0.39 is 12.0 Å². The van der Waals surface area contributed by atoms with Crippen molar-refractivity contribution in [3.05, 3.63) is 0 Å². The second-order valence-corrected chi connectivity index (χ2v) is 5.80. The molecule has 2 aliphatic rings. The van der Waals surface area contributed by atoms with Gasteiger partial charge in [-0.3, -0.25) is 9.59 Å². The number of methoxy groups -OCH3 is 1. The number of rotatable bonds is 4. The van der Waals surface area contributed by atoms with Crippen molar-refractivity contribution >= 4 is 17.8 Å². The molecule has 3 atom stereocenters. The summed E-state index contributed by atoms with van der Waals surface area (Å²) in [6.45, 7) is 3.47. The van der Waals surface area contributed by atoms with E-state index in [1.54, 1.807) is 0 Å². The molecule has 0 aromatic rings. The van der Waals surface area contributed by atoms with Crippen LogP contribution in [0.4, 0.5) is 0 Å². The van der Waals surface area contributed by atoms with Crippen LogP contribution in [0.3, 0.4) is 0 Å². The third-order valence-electron chi connectivity index (χ3n) is 4.21. The van der Waals surface area contributed by atoms with Gasteiger partial charge in [-0.1, -0.05) is 0 Å². The highest BCUT2D eigenvalue weighted by atomic mass is 16.5. The highest BCUT2D eigenvalue weighted by Gasteiger charge is 2.35. The molecule has 2 fully saturated rings. The summed E-state index contributed by atoms with van der Waals surface area (Å²) in [7, 11) is 1.32. The molecule has 0 saturated carbocycles. The minimum atomic E-state index is -0.637. The maximum Gasteiger partial charge on any atom is 0.329 e. The van der Waals surface area contributed by atoms with Crippen LogP contribution in [-0.2, 0) is 19.1 Å². The lowest BCUT2D eigenvalue weighted by molar-refractivity contribution is -0.145. The van der Waals surface area contributed by atoms with Gasteiger partial charge in [0, 0.05) is 39.0 Å². The van der Waals surface area contributed by atoms with Crippen molar-refractivity contribution in [2.24, 2.45) is 5.92 Å². The van der Waals surface area contributed by atoms with Gasteiger partial charge in [-0.25, -0.2) is 4.79 Å². The first-order valence-corrected chi connectivity index (χ1v) is 7.36. The zero-order valence-corrected chi connectivity index (χ0v) is 12.6. The van der Waals surface area contributed by atoms with Gasteiger partial charge in [0.2, 0.25) is 11.8 Å². The maximum absolute atomic E-state index is 11.7. The molecule has 0 spiro atoms. The van der Waals surface area contributed by atoms with Gasteiger partial charge >= 0.3 is 5.97 Å². The van der Waals surface area contributed by atoms with E-state index in [4.69, 9.17) is 4.74 Å². The van der Waals surface area contributed by atoms with Crippen LogP contribution in [0.2, 0.25) is 0 Å². The summed E-state index contributed by atoms with van der Waals surface area (Å²) in [5, 5.41) is 5.66. The molecule has 0 aromatic heterocycles. The first kappa shape index (κ1) is 15.8. The summed E-state index contributed by atoms with van der Waals surface area (Å²) in [5.41, 5.74) is 0. The Morgan fingerprint density at radius 1 is 1.48 bits per heavy atom. The lowest BCUT2D eigenvalue weighted by atomic mass is 9.85. The van der Waals surface area contributed by atoms with Crippen LogP contribution in [0.15, 0.2) is 0 Å². The number of amides is 2. The van der Waals surface area contributed by atoms with E-state index in [9.17, 15) is 14.4 Å². The lowest BCUT2D eigenvalue weighted by Gasteiger charge is -2.42. The van der Waals surface area contributed by atoms with Gasteiger partial charge in [-0.05, 0) is 18.8 Å². The van der Waals surface area contributed by atoms with Crippen LogP contribution >= 0.6 is 0 Å². The smallest absolute Gasteiger partial charge is 0.329 e. The lowest BCUT2D eigenvalue weighted by Crippen LogP contribution is -2.57. The first-order valence-electron chi connectivity index (χ1n) is 7.36. The second-order valence-electron chi connectivity index (χ2n) is 5.80. The number of likely N-dealkylation sites (tertiary alicyclic amines) is 1. The summed E-state index contributed by atoms with van der Waals surface area (Å²) >= 11 is 0. The Morgan fingerprint density at radius 3 is 2.90 bits per heavy atom. The highest BCUT2D eigenvalue weighted by Crippen LogP contribution is 2.25. The molecule has 3 unspecified atom stereocenters. The van der Waals surface area contributed by atoms with Crippen molar-refractivity contribution in [2.45, 2.75) is 38.3 Å². The molecule has 118 valence electrons. The molecule has 2 heterocycles. The number of carbonyl (C=O) groups excluding carboxylic acids is 3. The molecule has 2 aliphatic heterocycles. The van der Waals surface area contributed by atoms with Crippen molar-refractivity contribution in [3.8, 4) is 0 Å². The molecule has 0 bridgehead atoms. The standard InChI is InChI=1S/C14H23N3O4/c1-9(18)15-12(14(20)21-2)8-17-6-5-11-10(7-17)3-4-13(19)16-11/h10-12H,3-8H2,1-2H3,(H,15,18)(H,16,19). The Bertz CT molecular complexity index is 426. The number of hydrogen-bond acceptors (Lipinski definition) is 5. The number of nitrogens with one attached hydrogen (secondary N) is 2. The predicted octanol–water partition coefficient (Wildman–Crippen LogP) is -0.735. The van der Waals surface area contributed by atoms with E-state index in [1.165, 1.54) is 14.0 Å². The van der Waals surface area contributed by atoms with Crippen LogP contribution < -0.4 is 10.6 Å². The summed E-state index contributed by atoms with van der Waals surface area (Å²) in [6.07, 6.45) is 2.33. The largest absolute Gasteiger partial charge is 0.467 e. The summed E-state index contributed by atoms with van der Waals surface area (Å²) in [5.74, 6) is -0.114. The summed E-state index contributed by atoms with van der Waals surface area (Å²) in [4.78, 5) is 36.5. The minimum absolute atomic E-state index is 0.135. The monoisotopic (exact) mass is 297 g/mol. The number of carbonyl (C=O) groups is 3. The van der Waals surface area contributed by atoms with Gasteiger partial charge in [0.15, 0.2) is 0 Å². The molecular weight excluding hydrogens is 274 g/mol. The summed E-state index contributed by atoms with van der Waals surface area (Å²) < 4.78 is 4.74. The quantitative estimate of drug-likeness (QED) is 0.668. The number of piperidine rings is 2. The number of nitrogens with zero attached hydrogens (tertiary/aromatic N) is 1. The van der Waals surface area contributed by atoms with E-state index in [0.29, 0.717) is 18.9 Å². The first-order chi connectivity index (χ1) is 9.99. The Labute approximate surface area is 124 Å². The van der Waals surface area contributed by atoms with Crippen LogP contribution in [0.5, 0.6) is 0 Å². The van der Waals surface area contributed by atoms with E-state index >= 15 is 0 Å². The molecule has 7 heteroatoms. The van der Waals surface area contributed by atoms with E-state index in [0.717, 1.165) is 25.9 Å². The molecule has 0 radical (unpaired) electrons. The van der Waals surface area contributed by atoms with Crippen LogP contribution in [0.1, 0.15) is 26.2 Å². The number of fused-ring (bicyclic) bond motifs is 1. The van der Waals surface area contributed by atoms with Crippen LogP contribution in [-0.4, -0.2) is 61.5 Å². The Morgan fingerprint density at radius 2 is 2.24 bits per heavy atom. The van der Waals surface area contributed by atoms with Gasteiger partial charge in [0.05, 0.1) is 7.11 Å². The van der Waals surface area contributed by atoms with Gasteiger partial charge in [-0.15, -0.1) is 0 Å². The second kappa shape index (κ2) is 6.89. The van der Waals surface area contributed by atoms with Gasteiger partial charge in [-0.2, -0.15) is 0 Å². The molecule has 2 N–H and O–H groups in total.